The van der Waals surface area contributed by atoms with E-state index in [1.807, 2.05) is 6.92 Å². The van der Waals surface area contributed by atoms with Crippen molar-refractivity contribution in [1.29, 1.82) is 0 Å². The zero-order valence-corrected chi connectivity index (χ0v) is 14.2. The van der Waals surface area contributed by atoms with Crippen LogP contribution in [0.25, 0.3) is 0 Å². The molecule has 0 spiro atoms. The molecule has 0 amide bonds. The van der Waals surface area contributed by atoms with Crippen LogP contribution in [-0.2, 0) is 12.8 Å². The van der Waals surface area contributed by atoms with Crippen LogP contribution in [0, 0.1) is 5.82 Å². The molecule has 7 heteroatoms. The Balaban J connectivity index is 2.54. The van der Waals surface area contributed by atoms with Crippen LogP contribution in [0.5, 0.6) is 5.88 Å². The maximum atomic E-state index is 14.1. The largest absolute Gasteiger partial charge is 0.478 e. The summed E-state index contributed by atoms with van der Waals surface area (Å²) in [6, 6.07) is 4.43. The smallest absolute Gasteiger partial charge is 0.374 e. The monoisotopic (exact) mass is 352 g/mol. The fourth-order valence-corrected chi connectivity index (χ4v) is 2.49. The number of nitrogens with zero attached hydrogens (tertiary/aromatic N) is 2. The fourth-order valence-electron chi connectivity index (χ4n) is 2.34. The molecule has 0 aliphatic rings. The summed E-state index contributed by atoms with van der Waals surface area (Å²) >= 11 is 5.78. The fraction of sp³-hybridized carbons (Fsp3) is 0.353. The van der Waals surface area contributed by atoms with Crippen LogP contribution in [0.3, 0.4) is 0 Å². The second kappa shape index (κ2) is 8.06. The average molecular weight is 353 g/mol. The van der Waals surface area contributed by atoms with Gasteiger partial charge in [-0.15, -0.1) is 0 Å². The Bertz CT molecular complexity index is 726. The number of aromatic carboxylic acids is 1. The molecule has 0 atom stereocenters. The minimum Gasteiger partial charge on any atom is -0.478 e. The second-order valence-corrected chi connectivity index (χ2v) is 5.61. The third kappa shape index (κ3) is 4.20. The predicted molar refractivity (Wildman–Crippen MR) is 88.4 cm³/mol. The highest BCUT2D eigenvalue weighted by atomic mass is 35.5. The van der Waals surface area contributed by atoms with Crippen molar-refractivity contribution in [3.05, 3.63) is 51.7 Å². The number of halogens is 2. The summed E-state index contributed by atoms with van der Waals surface area (Å²) in [4.78, 5) is 19.3. The zero-order valence-electron chi connectivity index (χ0n) is 13.5. The molecular weight excluding hydrogens is 335 g/mol. The lowest BCUT2D eigenvalue weighted by molar-refractivity contribution is 0.0681. The van der Waals surface area contributed by atoms with E-state index in [1.165, 1.54) is 6.07 Å². The number of hydrogen-bond donors (Lipinski definition) is 1. The zero-order chi connectivity index (χ0) is 17.7. The van der Waals surface area contributed by atoms with Gasteiger partial charge in [0, 0.05) is 17.0 Å². The molecule has 128 valence electrons. The van der Waals surface area contributed by atoms with Crippen LogP contribution in [0.2, 0.25) is 5.02 Å². The second-order valence-electron chi connectivity index (χ2n) is 5.18. The molecule has 0 fully saturated rings. The van der Waals surface area contributed by atoms with Crippen LogP contribution in [0.4, 0.5) is 4.39 Å². The Morgan fingerprint density at radius 2 is 2.08 bits per heavy atom. The van der Waals surface area contributed by atoms with E-state index in [4.69, 9.17) is 16.3 Å². The molecule has 1 aromatic carbocycles. The molecule has 1 heterocycles. The molecule has 0 aliphatic heterocycles. The molecule has 0 bridgehead atoms. The SMILES string of the molecule is CCCc1nc(C(=O)O)nc(OCC)c1Cc1ccc(Cl)cc1F. The van der Waals surface area contributed by atoms with Crippen LogP contribution in [-0.4, -0.2) is 27.7 Å². The van der Waals surface area contributed by atoms with Gasteiger partial charge in [0.1, 0.15) is 5.82 Å². The highest BCUT2D eigenvalue weighted by Crippen LogP contribution is 2.26. The van der Waals surface area contributed by atoms with Gasteiger partial charge >= 0.3 is 5.97 Å². The first kappa shape index (κ1) is 18.1. The highest BCUT2D eigenvalue weighted by Gasteiger charge is 2.20. The first-order valence-electron chi connectivity index (χ1n) is 7.66. The number of carbonyl (C=O) groups is 1. The lowest BCUT2D eigenvalue weighted by Gasteiger charge is -2.14. The Morgan fingerprint density at radius 1 is 1.33 bits per heavy atom. The minimum atomic E-state index is -1.22. The lowest BCUT2D eigenvalue weighted by atomic mass is 10.0. The van der Waals surface area contributed by atoms with Gasteiger partial charge < -0.3 is 9.84 Å². The first-order valence-corrected chi connectivity index (χ1v) is 8.03. The number of aromatic nitrogens is 2. The van der Waals surface area contributed by atoms with E-state index in [0.717, 1.165) is 6.42 Å². The number of hydrogen-bond acceptors (Lipinski definition) is 4. The van der Waals surface area contributed by atoms with E-state index < -0.39 is 11.8 Å². The van der Waals surface area contributed by atoms with Crippen molar-refractivity contribution in [2.24, 2.45) is 0 Å². The molecule has 0 aliphatic carbocycles. The van der Waals surface area contributed by atoms with Crippen molar-refractivity contribution in [1.82, 2.24) is 9.97 Å². The maximum absolute atomic E-state index is 14.1. The van der Waals surface area contributed by atoms with E-state index in [1.54, 1.807) is 19.1 Å². The third-order valence-corrected chi connectivity index (χ3v) is 3.63. The van der Waals surface area contributed by atoms with Gasteiger partial charge in [-0.1, -0.05) is 31.0 Å². The molecule has 5 nitrogen and oxygen atoms in total. The third-order valence-electron chi connectivity index (χ3n) is 3.40. The van der Waals surface area contributed by atoms with Gasteiger partial charge in [-0.05, 0) is 31.0 Å². The van der Waals surface area contributed by atoms with E-state index >= 15 is 0 Å². The number of ether oxygens (including phenoxy) is 1. The van der Waals surface area contributed by atoms with Gasteiger partial charge in [0.05, 0.1) is 12.3 Å². The van der Waals surface area contributed by atoms with Crippen molar-refractivity contribution in [3.63, 3.8) is 0 Å². The van der Waals surface area contributed by atoms with E-state index in [9.17, 15) is 14.3 Å². The van der Waals surface area contributed by atoms with Crippen LogP contribution >= 0.6 is 11.6 Å². The summed E-state index contributed by atoms with van der Waals surface area (Å²) in [5.74, 6) is -1.79. The van der Waals surface area contributed by atoms with E-state index in [0.29, 0.717) is 34.9 Å². The molecule has 1 N–H and O–H groups in total. The predicted octanol–water partition coefficient (Wildman–Crippen LogP) is 3.91. The highest BCUT2D eigenvalue weighted by molar-refractivity contribution is 6.30. The van der Waals surface area contributed by atoms with Crippen molar-refractivity contribution in [2.45, 2.75) is 33.1 Å². The Kier molecular flexibility index (Phi) is 6.09. The Hall–Kier alpha value is -2.21. The molecule has 0 saturated heterocycles. The number of benzene rings is 1. The Labute approximate surface area is 144 Å². The van der Waals surface area contributed by atoms with E-state index in [2.05, 4.69) is 9.97 Å². The van der Waals surface area contributed by atoms with Crippen LogP contribution < -0.4 is 4.74 Å². The normalized spacial score (nSPS) is 10.7. The maximum Gasteiger partial charge on any atom is 0.374 e. The van der Waals surface area contributed by atoms with Gasteiger partial charge in [0.15, 0.2) is 0 Å². The standard InChI is InChI=1S/C17H18ClFN2O3/c1-3-5-14-12(8-10-6-7-11(18)9-13(10)19)16(24-4-2)21-15(20-14)17(22)23/h6-7,9H,3-5,8H2,1-2H3,(H,22,23). The number of aryl methyl sites for hydroxylation is 1. The van der Waals surface area contributed by atoms with Gasteiger partial charge in [-0.3, -0.25) is 0 Å². The summed E-state index contributed by atoms with van der Waals surface area (Å²) in [5.41, 5.74) is 1.58. The van der Waals surface area contributed by atoms with Crippen LogP contribution in [0.15, 0.2) is 18.2 Å². The lowest BCUT2D eigenvalue weighted by Crippen LogP contribution is -2.13. The van der Waals surface area contributed by atoms with E-state index in [-0.39, 0.29) is 18.1 Å². The molecule has 1 aromatic heterocycles. The van der Waals surface area contributed by atoms with Crippen LogP contribution in [0.1, 0.15) is 47.7 Å². The molecular formula is C17H18ClFN2O3. The van der Waals surface area contributed by atoms with Gasteiger partial charge in [-0.2, -0.15) is 4.98 Å². The summed E-state index contributed by atoms with van der Waals surface area (Å²) in [5, 5.41) is 9.48. The number of carboxylic acids is 1. The molecule has 2 rings (SSSR count). The molecule has 0 saturated carbocycles. The summed E-state index contributed by atoms with van der Waals surface area (Å²) in [6.45, 7) is 4.04. The van der Waals surface area contributed by atoms with Gasteiger partial charge in [0.2, 0.25) is 11.7 Å². The molecule has 0 radical (unpaired) electrons. The van der Waals surface area contributed by atoms with Crippen molar-refractivity contribution in [3.8, 4) is 5.88 Å². The summed E-state index contributed by atoms with van der Waals surface area (Å²) in [7, 11) is 0. The first-order chi connectivity index (χ1) is 11.5. The van der Waals surface area contributed by atoms with Crippen molar-refractivity contribution >= 4 is 17.6 Å². The van der Waals surface area contributed by atoms with Crippen molar-refractivity contribution in [2.75, 3.05) is 6.61 Å². The molecule has 2 aromatic rings. The minimum absolute atomic E-state index is 0.183. The topological polar surface area (TPSA) is 72.3 Å². The van der Waals surface area contributed by atoms with Gasteiger partial charge in [0.25, 0.3) is 0 Å². The molecule has 0 unspecified atom stereocenters. The quantitative estimate of drug-likeness (QED) is 0.817. The number of rotatable bonds is 7. The molecule has 24 heavy (non-hydrogen) atoms. The number of carboxylic acid groups (broad SMARTS) is 1. The Morgan fingerprint density at radius 3 is 2.67 bits per heavy atom. The summed E-state index contributed by atoms with van der Waals surface area (Å²) < 4.78 is 19.6. The van der Waals surface area contributed by atoms with Gasteiger partial charge in [-0.25, -0.2) is 14.2 Å². The average Bonchev–Trinajstić information content (AvgIpc) is 2.52. The van der Waals surface area contributed by atoms with Crippen molar-refractivity contribution < 1.29 is 19.0 Å². The summed E-state index contributed by atoms with van der Waals surface area (Å²) in [6.07, 6.45) is 1.51.